The fourth-order valence-electron chi connectivity index (χ4n) is 2.87. The lowest BCUT2D eigenvalue weighted by atomic mass is 9.98. The van der Waals surface area contributed by atoms with Gasteiger partial charge < -0.3 is 10.1 Å². The van der Waals surface area contributed by atoms with Crippen molar-refractivity contribution in [2.24, 2.45) is 0 Å². The van der Waals surface area contributed by atoms with E-state index in [0.717, 1.165) is 11.3 Å². The monoisotopic (exact) mass is 367 g/mol. The summed E-state index contributed by atoms with van der Waals surface area (Å²) in [6, 6.07) is 15.9. The summed E-state index contributed by atoms with van der Waals surface area (Å²) in [5.74, 6) is -0.408. The van der Waals surface area contributed by atoms with Gasteiger partial charge in [-0.05, 0) is 35.9 Å². The van der Waals surface area contributed by atoms with Crippen LogP contribution in [0.4, 0.5) is 5.82 Å². The van der Waals surface area contributed by atoms with E-state index < -0.39 is 18.0 Å². The average molecular weight is 368 g/mol. The molecule has 0 saturated heterocycles. The highest BCUT2D eigenvalue weighted by molar-refractivity contribution is 6.30. The predicted molar refractivity (Wildman–Crippen MR) is 96.6 cm³/mol. The number of cyclic esters (lactones) is 1. The Balaban J connectivity index is 1.54. The highest BCUT2D eigenvalue weighted by atomic mass is 35.5. The summed E-state index contributed by atoms with van der Waals surface area (Å²) in [5.41, 5.74) is 2.05. The van der Waals surface area contributed by atoms with Crippen molar-refractivity contribution in [2.75, 3.05) is 5.32 Å². The van der Waals surface area contributed by atoms with Gasteiger partial charge in [0.05, 0.1) is 17.4 Å². The fraction of sp³-hybridized carbons (Fsp3) is 0.105. The van der Waals surface area contributed by atoms with E-state index in [2.05, 4.69) is 10.4 Å². The molecule has 0 fully saturated rings. The lowest BCUT2D eigenvalue weighted by Gasteiger charge is -2.23. The minimum Gasteiger partial charge on any atom is -0.448 e. The molecular weight excluding hydrogens is 354 g/mol. The molecular formula is C19H14ClN3O3. The van der Waals surface area contributed by atoms with Gasteiger partial charge in [0.15, 0.2) is 6.10 Å². The molecule has 1 atom stereocenters. The van der Waals surface area contributed by atoms with Gasteiger partial charge in [-0.25, -0.2) is 9.48 Å². The van der Waals surface area contributed by atoms with E-state index in [4.69, 9.17) is 16.3 Å². The lowest BCUT2D eigenvalue weighted by Crippen LogP contribution is -2.38. The maximum atomic E-state index is 12.6. The number of hydrogen-bond acceptors (Lipinski definition) is 4. The summed E-state index contributed by atoms with van der Waals surface area (Å²) in [4.78, 5) is 24.7. The van der Waals surface area contributed by atoms with E-state index in [1.807, 2.05) is 12.1 Å². The van der Waals surface area contributed by atoms with Gasteiger partial charge in [0.1, 0.15) is 5.82 Å². The second kappa shape index (κ2) is 6.65. The first-order valence-corrected chi connectivity index (χ1v) is 8.39. The first-order chi connectivity index (χ1) is 12.6. The molecule has 0 aliphatic carbocycles. The molecule has 1 unspecified atom stereocenters. The highest BCUT2D eigenvalue weighted by Gasteiger charge is 2.31. The van der Waals surface area contributed by atoms with Gasteiger partial charge in [0, 0.05) is 17.5 Å². The minimum atomic E-state index is -0.883. The van der Waals surface area contributed by atoms with Crippen LogP contribution in [0.3, 0.4) is 0 Å². The van der Waals surface area contributed by atoms with Gasteiger partial charge in [-0.3, -0.25) is 4.79 Å². The molecule has 2 aromatic carbocycles. The molecule has 26 heavy (non-hydrogen) atoms. The van der Waals surface area contributed by atoms with Gasteiger partial charge in [-0.2, -0.15) is 5.10 Å². The van der Waals surface area contributed by atoms with Crippen molar-refractivity contribution < 1.29 is 14.3 Å². The van der Waals surface area contributed by atoms with E-state index in [1.54, 1.807) is 53.3 Å². The van der Waals surface area contributed by atoms with Gasteiger partial charge in [-0.15, -0.1) is 0 Å². The Morgan fingerprint density at radius 3 is 2.73 bits per heavy atom. The molecule has 130 valence electrons. The Kier molecular flexibility index (Phi) is 4.18. The topological polar surface area (TPSA) is 73.2 Å². The average Bonchev–Trinajstić information content (AvgIpc) is 3.10. The van der Waals surface area contributed by atoms with Gasteiger partial charge in [0.2, 0.25) is 0 Å². The second-order valence-corrected chi connectivity index (χ2v) is 6.29. The minimum absolute atomic E-state index is 0.336. The summed E-state index contributed by atoms with van der Waals surface area (Å²) in [6.45, 7) is 0. The van der Waals surface area contributed by atoms with Crippen LogP contribution in [-0.4, -0.2) is 27.8 Å². The number of aromatic nitrogens is 2. The van der Waals surface area contributed by atoms with Crippen LogP contribution in [0, 0.1) is 0 Å². The van der Waals surface area contributed by atoms with E-state index in [0.29, 0.717) is 22.8 Å². The number of hydrogen-bond donors (Lipinski definition) is 1. The fourth-order valence-corrected chi connectivity index (χ4v) is 3.00. The van der Waals surface area contributed by atoms with Crippen molar-refractivity contribution in [2.45, 2.75) is 12.5 Å². The van der Waals surface area contributed by atoms with Gasteiger partial charge >= 0.3 is 5.97 Å². The van der Waals surface area contributed by atoms with Gasteiger partial charge in [-0.1, -0.05) is 29.8 Å². The molecule has 6 nitrogen and oxygen atoms in total. The molecule has 1 amide bonds. The third kappa shape index (κ3) is 3.07. The Morgan fingerprint density at radius 1 is 1.15 bits per heavy atom. The zero-order valence-corrected chi connectivity index (χ0v) is 14.3. The maximum Gasteiger partial charge on any atom is 0.339 e. The molecule has 1 N–H and O–H groups in total. The molecule has 7 heteroatoms. The quantitative estimate of drug-likeness (QED) is 0.721. The van der Waals surface area contributed by atoms with Crippen LogP contribution < -0.4 is 5.32 Å². The smallest absolute Gasteiger partial charge is 0.339 e. The molecule has 1 aliphatic rings. The van der Waals surface area contributed by atoms with Crippen molar-refractivity contribution in [1.29, 1.82) is 0 Å². The van der Waals surface area contributed by atoms with Crippen LogP contribution in [0.2, 0.25) is 5.02 Å². The van der Waals surface area contributed by atoms with E-state index in [9.17, 15) is 9.59 Å². The first kappa shape index (κ1) is 16.4. The molecule has 1 aliphatic heterocycles. The molecule has 4 rings (SSSR count). The number of rotatable bonds is 3. The molecule has 2 heterocycles. The van der Waals surface area contributed by atoms with Crippen molar-refractivity contribution in [3.8, 4) is 5.69 Å². The molecule has 0 saturated carbocycles. The van der Waals surface area contributed by atoms with E-state index in [1.165, 1.54) is 0 Å². The van der Waals surface area contributed by atoms with Crippen molar-refractivity contribution in [3.63, 3.8) is 0 Å². The van der Waals surface area contributed by atoms with Gasteiger partial charge in [0.25, 0.3) is 5.91 Å². The van der Waals surface area contributed by atoms with E-state index in [-0.39, 0.29) is 0 Å². The number of fused-ring (bicyclic) bond motifs is 1. The number of amides is 1. The number of carbonyl (C=O) groups is 2. The van der Waals surface area contributed by atoms with Crippen molar-refractivity contribution in [1.82, 2.24) is 9.78 Å². The van der Waals surface area contributed by atoms with Crippen LogP contribution in [0.15, 0.2) is 60.8 Å². The number of anilines is 1. The van der Waals surface area contributed by atoms with Crippen LogP contribution >= 0.6 is 11.6 Å². The van der Waals surface area contributed by atoms with E-state index >= 15 is 0 Å². The second-order valence-electron chi connectivity index (χ2n) is 5.85. The third-order valence-electron chi connectivity index (χ3n) is 4.15. The Labute approximate surface area is 154 Å². The standard InChI is InChI=1S/C19H14ClN3O3/c20-13-5-7-14(8-6-13)23-17(9-10-21-23)22-18(24)16-11-12-3-1-2-4-15(12)19(25)26-16/h1-10,16H,11H2,(H,22,24). The number of ether oxygens (including phenoxy) is 1. The summed E-state index contributed by atoms with van der Waals surface area (Å²) >= 11 is 5.91. The largest absolute Gasteiger partial charge is 0.448 e. The summed E-state index contributed by atoms with van der Waals surface area (Å²) in [6.07, 6.45) is 1.03. The predicted octanol–water partition coefficient (Wildman–Crippen LogP) is 3.25. The Morgan fingerprint density at radius 2 is 1.92 bits per heavy atom. The van der Waals surface area contributed by atoms with Crippen LogP contribution in [0.1, 0.15) is 15.9 Å². The van der Waals surface area contributed by atoms with Crippen molar-refractivity contribution in [3.05, 3.63) is 76.9 Å². The Bertz CT molecular complexity index is 982. The SMILES string of the molecule is O=C1OC(C(=O)Nc2ccnn2-c2ccc(Cl)cc2)Cc2ccccc21. The van der Waals surface area contributed by atoms with Crippen LogP contribution in [0.25, 0.3) is 5.69 Å². The summed E-state index contributed by atoms with van der Waals surface area (Å²) in [5, 5.41) is 7.60. The number of halogens is 1. The number of nitrogens with zero attached hydrogens (tertiary/aromatic N) is 2. The summed E-state index contributed by atoms with van der Waals surface area (Å²) in [7, 11) is 0. The molecule has 3 aromatic rings. The summed E-state index contributed by atoms with van der Waals surface area (Å²) < 4.78 is 6.86. The molecule has 0 radical (unpaired) electrons. The zero-order valence-electron chi connectivity index (χ0n) is 13.6. The van der Waals surface area contributed by atoms with Crippen LogP contribution in [-0.2, 0) is 16.0 Å². The Hall–Kier alpha value is -3.12. The highest BCUT2D eigenvalue weighted by Crippen LogP contribution is 2.22. The van der Waals surface area contributed by atoms with Crippen molar-refractivity contribution >= 4 is 29.3 Å². The zero-order chi connectivity index (χ0) is 18.1. The number of benzene rings is 2. The normalized spacial score (nSPS) is 15.9. The molecule has 0 bridgehead atoms. The van der Waals surface area contributed by atoms with Crippen LogP contribution in [0.5, 0.6) is 0 Å². The maximum absolute atomic E-state index is 12.6. The number of esters is 1. The lowest BCUT2D eigenvalue weighted by molar-refractivity contribution is -0.125. The number of carbonyl (C=O) groups excluding carboxylic acids is 2. The number of nitrogens with one attached hydrogen (secondary N) is 1. The first-order valence-electron chi connectivity index (χ1n) is 8.01. The molecule has 0 spiro atoms. The molecule has 1 aromatic heterocycles. The third-order valence-corrected chi connectivity index (χ3v) is 4.40.